The highest BCUT2D eigenvalue weighted by Crippen LogP contribution is 2.37. The first-order chi connectivity index (χ1) is 13.9. The normalized spacial score (nSPS) is 12.3. The van der Waals surface area contributed by atoms with Crippen LogP contribution < -0.4 is 5.43 Å². The first-order valence-electron chi connectivity index (χ1n) is 9.72. The van der Waals surface area contributed by atoms with E-state index in [9.17, 15) is 14.0 Å². The highest BCUT2D eigenvalue weighted by molar-refractivity contribution is 6.74. The minimum atomic E-state index is -1.86. The summed E-state index contributed by atoms with van der Waals surface area (Å²) >= 11 is 0. The molecule has 1 heterocycles. The van der Waals surface area contributed by atoms with Crippen LogP contribution in [0.25, 0.3) is 22.0 Å². The van der Waals surface area contributed by atoms with Crippen molar-refractivity contribution in [3.63, 3.8) is 0 Å². The lowest BCUT2D eigenvalue weighted by atomic mass is 10.0. The number of rotatable bonds is 5. The van der Waals surface area contributed by atoms with Gasteiger partial charge in [-0.1, -0.05) is 45.0 Å². The van der Waals surface area contributed by atoms with Crippen LogP contribution >= 0.6 is 0 Å². The van der Waals surface area contributed by atoms with Crippen molar-refractivity contribution in [3.05, 3.63) is 69.8 Å². The van der Waals surface area contributed by atoms with E-state index in [4.69, 9.17) is 9.53 Å². The molecule has 158 valence electrons. The summed E-state index contributed by atoms with van der Waals surface area (Å²) in [5, 5.41) is 9.20. The number of halogens is 1. The average Bonchev–Trinajstić information content (AvgIpc) is 2.66. The molecule has 0 amide bonds. The molecule has 3 aromatic rings. The molecule has 3 rings (SSSR count). The number of carboxylic acid groups (broad SMARTS) is 1. The monoisotopic (exact) mass is 427 g/mol. The largest absolute Gasteiger partial charge is 0.477 e. The second kappa shape index (κ2) is 7.81. The first-order valence-corrected chi connectivity index (χ1v) is 12.6. The number of hydrogen-bond donors (Lipinski definition) is 2. The van der Waals surface area contributed by atoms with Crippen LogP contribution in [0.1, 0.15) is 36.7 Å². The summed E-state index contributed by atoms with van der Waals surface area (Å²) in [5.74, 6) is -1.93. The molecule has 0 saturated heterocycles. The van der Waals surface area contributed by atoms with Gasteiger partial charge in [-0.3, -0.25) is 4.79 Å². The van der Waals surface area contributed by atoms with Gasteiger partial charge in [0.15, 0.2) is 8.32 Å². The average molecular weight is 428 g/mol. The van der Waals surface area contributed by atoms with Crippen molar-refractivity contribution in [2.45, 2.75) is 45.5 Å². The van der Waals surface area contributed by atoms with Gasteiger partial charge in [0.25, 0.3) is 0 Å². The molecular weight excluding hydrogens is 401 g/mol. The highest BCUT2D eigenvalue weighted by atomic mass is 28.4. The lowest BCUT2D eigenvalue weighted by Gasteiger charge is -2.36. The summed E-state index contributed by atoms with van der Waals surface area (Å²) in [4.78, 5) is 26.2. The Kier molecular flexibility index (Phi) is 5.71. The number of hydrogen-bond acceptors (Lipinski definition) is 3. The van der Waals surface area contributed by atoms with E-state index in [0.717, 1.165) is 17.8 Å². The van der Waals surface area contributed by atoms with Gasteiger partial charge < -0.3 is 14.5 Å². The van der Waals surface area contributed by atoms with Gasteiger partial charge in [-0.2, -0.15) is 0 Å². The number of nitrogens with one attached hydrogen (secondary N) is 1. The lowest BCUT2D eigenvalue weighted by Crippen LogP contribution is -2.40. The maximum absolute atomic E-state index is 14.7. The zero-order chi connectivity index (χ0) is 22.3. The highest BCUT2D eigenvalue weighted by Gasteiger charge is 2.37. The fraction of sp³-hybridized carbons (Fsp3) is 0.304. The number of carbonyl (C=O) groups is 1. The Labute approximate surface area is 175 Å². The van der Waals surface area contributed by atoms with Crippen molar-refractivity contribution in [2.75, 3.05) is 0 Å². The molecule has 0 atom stereocenters. The molecule has 7 heteroatoms. The van der Waals surface area contributed by atoms with Crippen molar-refractivity contribution in [1.82, 2.24) is 4.98 Å². The Morgan fingerprint density at radius 1 is 1.17 bits per heavy atom. The molecule has 0 spiro atoms. The standard InChI is InChI=1S/C23H26FNO4Si/c1-23(2,3)30(4,5)29-13-14-6-8-15(9-7-14)16-11-20-17(10-19(16)24)21(26)18(12-25-20)22(27)28/h6-12H,13H2,1-5H3,(H,25,26)(H,27,28). The third-order valence-electron chi connectivity index (χ3n) is 5.87. The summed E-state index contributed by atoms with van der Waals surface area (Å²) in [7, 11) is -1.86. The van der Waals surface area contributed by atoms with E-state index in [1.807, 2.05) is 24.3 Å². The van der Waals surface area contributed by atoms with Crippen LogP contribution in [0.2, 0.25) is 18.1 Å². The number of aromatic carboxylic acids is 1. The van der Waals surface area contributed by atoms with Gasteiger partial charge >= 0.3 is 5.97 Å². The maximum atomic E-state index is 14.7. The van der Waals surface area contributed by atoms with Crippen LogP contribution in [0.15, 0.2) is 47.4 Å². The van der Waals surface area contributed by atoms with E-state index < -0.39 is 31.1 Å². The molecule has 1 aromatic heterocycles. The molecule has 0 unspecified atom stereocenters. The Balaban J connectivity index is 1.89. The zero-order valence-corrected chi connectivity index (χ0v) is 18.8. The summed E-state index contributed by atoms with van der Waals surface area (Å²) in [6.45, 7) is 11.5. The molecule has 0 radical (unpaired) electrons. The van der Waals surface area contributed by atoms with Crippen LogP contribution in [0.3, 0.4) is 0 Å². The van der Waals surface area contributed by atoms with Crippen LogP contribution in [0.4, 0.5) is 4.39 Å². The number of H-pyrrole nitrogens is 1. The maximum Gasteiger partial charge on any atom is 0.341 e. The number of benzene rings is 2. The molecule has 5 nitrogen and oxygen atoms in total. The van der Waals surface area contributed by atoms with Crippen molar-refractivity contribution in [2.24, 2.45) is 0 Å². The number of carboxylic acids is 1. The first kappa shape index (κ1) is 21.9. The molecule has 2 aromatic carbocycles. The minimum absolute atomic E-state index is 0.00976. The van der Waals surface area contributed by atoms with Gasteiger partial charge in [0, 0.05) is 17.1 Å². The van der Waals surface area contributed by atoms with E-state index in [1.54, 1.807) is 0 Å². The zero-order valence-electron chi connectivity index (χ0n) is 17.8. The predicted molar refractivity (Wildman–Crippen MR) is 119 cm³/mol. The second-order valence-electron chi connectivity index (χ2n) is 8.96. The third-order valence-corrected chi connectivity index (χ3v) is 10.3. The quantitative estimate of drug-likeness (QED) is 0.523. The predicted octanol–water partition coefficient (Wildman–Crippen LogP) is 5.55. The topological polar surface area (TPSA) is 79.4 Å². The number of aromatic amines is 1. The Morgan fingerprint density at radius 3 is 2.37 bits per heavy atom. The molecule has 30 heavy (non-hydrogen) atoms. The van der Waals surface area contributed by atoms with Crippen LogP contribution in [0.5, 0.6) is 0 Å². The fourth-order valence-electron chi connectivity index (χ4n) is 2.88. The Morgan fingerprint density at radius 2 is 1.80 bits per heavy atom. The molecule has 0 fully saturated rings. The van der Waals surface area contributed by atoms with Gasteiger partial charge in [-0.25, -0.2) is 9.18 Å². The summed E-state index contributed by atoms with van der Waals surface area (Å²) in [6, 6.07) is 10.1. The lowest BCUT2D eigenvalue weighted by molar-refractivity contribution is 0.0695. The van der Waals surface area contributed by atoms with E-state index >= 15 is 0 Å². The molecule has 0 bridgehead atoms. The second-order valence-corrected chi connectivity index (χ2v) is 13.8. The van der Waals surface area contributed by atoms with Gasteiger partial charge in [-0.05, 0) is 41.4 Å². The smallest absolute Gasteiger partial charge is 0.341 e. The van der Waals surface area contributed by atoms with Crippen molar-refractivity contribution in [3.8, 4) is 11.1 Å². The van der Waals surface area contributed by atoms with Crippen molar-refractivity contribution < 1.29 is 18.7 Å². The minimum Gasteiger partial charge on any atom is -0.477 e. The van der Waals surface area contributed by atoms with E-state index in [2.05, 4.69) is 38.8 Å². The molecule has 0 aliphatic rings. The van der Waals surface area contributed by atoms with Crippen molar-refractivity contribution in [1.29, 1.82) is 0 Å². The van der Waals surface area contributed by atoms with E-state index in [0.29, 0.717) is 23.3 Å². The van der Waals surface area contributed by atoms with Crippen LogP contribution in [-0.4, -0.2) is 24.4 Å². The van der Waals surface area contributed by atoms with Gasteiger partial charge in [0.2, 0.25) is 5.43 Å². The summed E-state index contributed by atoms with van der Waals surface area (Å²) < 4.78 is 21.0. The molecule has 0 saturated carbocycles. The Bertz CT molecular complexity index is 1160. The summed E-state index contributed by atoms with van der Waals surface area (Å²) in [5.41, 5.74) is 1.25. The number of aromatic nitrogens is 1. The Hall–Kier alpha value is -2.77. The van der Waals surface area contributed by atoms with Gasteiger partial charge in [-0.15, -0.1) is 0 Å². The van der Waals surface area contributed by atoms with E-state index in [1.165, 1.54) is 6.07 Å². The SMILES string of the molecule is CC(C)(C)[Si](C)(C)OCc1ccc(-c2cc3[nH]cc(C(=O)O)c(=O)c3cc2F)cc1. The van der Waals surface area contributed by atoms with Crippen LogP contribution in [0, 0.1) is 5.82 Å². The van der Waals surface area contributed by atoms with Crippen LogP contribution in [-0.2, 0) is 11.0 Å². The molecule has 0 aliphatic carbocycles. The van der Waals surface area contributed by atoms with Gasteiger partial charge in [0.05, 0.1) is 12.1 Å². The number of pyridine rings is 1. The fourth-order valence-corrected chi connectivity index (χ4v) is 3.84. The van der Waals surface area contributed by atoms with E-state index in [-0.39, 0.29) is 10.4 Å². The molecule has 2 N–H and O–H groups in total. The summed E-state index contributed by atoms with van der Waals surface area (Å²) in [6.07, 6.45) is 1.13. The molecular formula is C23H26FNO4Si. The van der Waals surface area contributed by atoms with Crippen molar-refractivity contribution >= 4 is 25.2 Å². The third kappa shape index (κ3) is 4.22. The number of fused-ring (bicyclic) bond motifs is 1. The van der Waals surface area contributed by atoms with Gasteiger partial charge in [0.1, 0.15) is 11.4 Å². The molecule has 0 aliphatic heterocycles.